The molecule has 116 valence electrons. The topological polar surface area (TPSA) is 97.5 Å². The van der Waals surface area contributed by atoms with E-state index in [1.54, 1.807) is 36.4 Å². The smallest absolute Gasteiger partial charge is 0.402 e. The standard InChI is InChI=1S/C17H13NO5/c19-15(12-11-13-7-3-1-4-8-13)17(16(20)21,18(22)23)14-9-5-2-6-10-14/h1-12H,(H,20,21). The summed E-state index contributed by atoms with van der Waals surface area (Å²) in [6, 6.07) is 15.6. The van der Waals surface area contributed by atoms with Crippen LogP contribution in [0.1, 0.15) is 11.1 Å². The van der Waals surface area contributed by atoms with Crippen molar-refractivity contribution >= 4 is 17.8 Å². The summed E-state index contributed by atoms with van der Waals surface area (Å²) in [4.78, 5) is 34.5. The zero-order chi connectivity index (χ0) is 16.9. The number of hydrogen-bond acceptors (Lipinski definition) is 4. The monoisotopic (exact) mass is 311 g/mol. The Bertz CT molecular complexity index is 739. The van der Waals surface area contributed by atoms with Crippen molar-refractivity contribution in [1.29, 1.82) is 0 Å². The van der Waals surface area contributed by atoms with Crippen LogP contribution in [0.2, 0.25) is 0 Å². The lowest BCUT2D eigenvalue weighted by molar-refractivity contribution is -0.545. The normalized spacial score (nSPS) is 13.4. The van der Waals surface area contributed by atoms with Gasteiger partial charge < -0.3 is 5.11 Å². The van der Waals surface area contributed by atoms with Crippen molar-refractivity contribution in [3.8, 4) is 0 Å². The fraction of sp³-hybridized carbons (Fsp3) is 0.0588. The number of carboxylic acid groups (broad SMARTS) is 1. The van der Waals surface area contributed by atoms with E-state index in [9.17, 15) is 24.8 Å². The van der Waals surface area contributed by atoms with E-state index in [-0.39, 0.29) is 5.56 Å². The zero-order valence-electron chi connectivity index (χ0n) is 12.0. The lowest BCUT2D eigenvalue weighted by atomic mass is 9.85. The van der Waals surface area contributed by atoms with Crippen molar-refractivity contribution < 1.29 is 19.6 Å². The third-order valence-corrected chi connectivity index (χ3v) is 3.36. The first-order chi connectivity index (χ1) is 11.0. The van der Waals surface area contributed by atoms with Gasteiger partial charge >= 0.3 is 11.5 Å². The van der Waals surface area contributed by atoms with E-state index >= 15 is 0 Å². The molecule has 23 heavy (non-hydrogen) atoms. The average molecular weight is 311 g/mol. The van der Waals surface area contributed by atoms with Crippen molar-refractivity contribution in [2.24, 2.45) is 0 Å². The summed E-state index contributed by atoms with van der Waals surface area (Å²) < 4.78 is 0. The number of carbonyl (C=O) groups excluding carboxylic acids is 1. The minimum absolute atomic E-state index is 0.194. The molecule has 0 saturated heterocycles. The maximum absolute atomic E-state index is 12.4. The first kappa shape index (κ1) is 16.1. The molecule has 0 bridgehead atoms. The van der Waals surface area contributed by atoms with Gasteiger partial charge in [0.1, 0.15) is 0 Å². The SMILES string of the molecule is O=C(O)C(C(=O)C=Cc1ccccc1)(c1ccccc1)[N+](=O)[O-]. The molecule has 6 heteroatoms. The van der Waals surface area contributed by atoms with Crippen molar-refractivity contribution in [3.05, 3.63) is 88.0 Å². The molecule has 0 aromatic heterocycles. The predicted octanol–water partition coefficient (Wildman–Crippen LogP) is 2.53. The highest BCUT2D eigenvalue weighted by atomic mass is 16.6. The van der Waals surface area contributed by atoms with E-state index in [1.807, 2.05) is 0 Å². The highest BCUT2D eigenvalue weighted by molar-refractivity contribution is 6.13. The third-order valence-electron chi connectivity index (χ3n) is 3.36. The van der Waals surface area contributed by atoms with Gasteiger partial charge in [-0.05, 0) is 11.6 Å². The Morgan fingerprint density at radius 2 is 1.52 bits per heavy atom. The minimum Gasteiger partial charge on any atom is -0.475 e. The summed E-state index contributed by atoms with van der Waals surface area (Å²) >= 11 is 0. The number of nitro groups is 1. The van der Waals surface area contributed by atoms with E-state index in [0.717, 1.165) is 6.08 Å². The lowest BCUT2D eigenvalue weighted by Crippen LogP contribution is -2.49. The summed E-state index contributed by atoms with van der Waals surface area (Å²) in [6.45, 7) is 0. The first-order valence-electron chi connectivity index (χ1n) is 6.70. The summed E-state index contributed by atoms with van der Waals surface area (Å²) in [5.41, 5.74) is -2.41. The van der Waals surface area contributed by atoms with Crippen LogP contribution in [0.4, 0.5) is 0 Å². The molecule has 0 spiro atoms. The van der Waals surface area contributed by atoms with Crippen LogP contribution in [0.15, 0.2) is 66.7 Å². The molecule has 1 unspecified atom stereocenters. The van der Waals surface area contributed by atoms with Crippen molar-refractivity contribution in [2.75, 3.05) is 0 Å². The molecule has 2 aromatic rings. The van der Waals surface area contributed by atoms with Crippen molar-refractivity contribution in [3.63, 3.8) is 0 Å². The number of rotatable bonds is 6. The number of carboxylic acids is 1. The molecule has 0 radical (unpaired) electrons. The Morgan fingerprint density at radius 3 is 2.00 bits per heavy atom. The molecule has 2 aromatic carbocycles. The highest BCUT2D eigenvalue weighted by Crippen LogP contribution is 2.27. The number of carbonyl (C=O) groups is 2. The van der Waals surface area contributed by atoms with Gasteiger partial charge in [0.05, 0.1) is 4.92 Å². The second kappa shape index (κ2) is 6.65. The van der Waals surface area contributed by atoms with Crippen LogP contribution in [-0.4, -0.2) is 21.8 Å². The fourth-order valence-electron chi connectivity index (χ4n) is 2.18. The van der Waals surface area contributed by atoms with Crippen LogP contribution < -0.4 is 0 Å². The molecule has 1 N–H and O–H groups in total. The number of aliphatic carboxylic acids is 1. The van der Waals surface area contributed by atoms with Gasteiger partial charge in [-0.25, -0.2) is 4.79 Å². The van der Waals surface area contributed by atoms with Crippen LogP contribution in [0.3, 0.4) is 0 Å². The molecule has 0 aliphatic rings. The Morgan fingerprint density at radius 1 is 1.00 bits per heavy atom. The van der Waals surface area contributed by atoms with E-state index in [0.29, 0.717) is 5.56 Å². The van der Waals surface area contributed by atoms with Crippen LogP contribution in [0, 0.1) is 10.1 Å². The minimum atomic E-state index is -2.85. The molecule has 0 saturated carbocycles. The number of benzene rings is 2. The molecular formula is C17H13NO5. The molecule has 1 atom stereocenters. The predicted molar refractivity (Wildman–Crippen MR) is 83.2 cm³/mol. The van der Waals surface area contributed by atoms with Gasteiger partial charge in [0.25, 0.3) is 0 Å². The molecule has 0 aliphatic carbocycles. The van der Waals surface area contributed by atoms with Crippen LogP contribution in [0.25, 0.3) is 6.08 Å². The average Bonchev–Trinajstić information content (AvgIpc) is 2.55. The number of ketones is 1. The quantitative estimate of drug-likeness (QED) is 0.382. The fourth-order valence-corrected chi connectivity index (χ4v) is 2.18. The highest BCUT2D eigenvalue weighted by Gasteiger charge is 2.59. The molecule has 2 rings (SSSR count). The van der Waals surface area contributed by atoms with Crippen LogP contribution in [0.5, 0.6) is 0 Å². The van der Waals surface area contributed by atoms with Crippen molar-refractivity contribution in [1.82, 2.24) is 0 Å². The zero-order valence-corrected chi connectivity index (χ0v) is 12.0. The second-order valence-corrected chi connectivity index (χ2v) is 4.75. The molecule has 0 amide bonds. The maximum atomic E-state index is 12.4. The summed E-state index contributed by atoms with van der Waals surface area (Å²) in [5.74, 6) is -2.94. The summed E-state index contributed by atoms with van der Waals surface area (Å²) in [7, 11) is 0. The van der Waals surface area contributed by atoms with Crippen LogP contribution in [-0.2, 0) is 15.1 Å². The van der Waals surface area contributed by atoms with Gasteiger partial charge in [-0.15, -0.1) is 0 Å². The Kier molecular flexibility index (Phi) is 4.66. The van der Waals surface area contributed by atoms with Gasteiger partial charge in [0, 0.05) is 5.56 Å². The molecule has 0 aliphatic heterocycles. The molecule has 0 heterocycles. The van der Waals surface area contributed by atoms with Crippen LogP contribution >= 0.6 is 0 Å². The number of hydrogen-bond donors (Lipinski definition) is 1. The van der Waals surface area contributed by atoms with E-state index < -0.39 is 22.2 Å². The maximum Gasteiger partial charge on any atom is 0.402 e. The first-order valence-corrected chi connectivity index (χ1v) is 6.70. The molecule has 6 nitrogen and oxygen atoms in total. The third kappa shape index (κ3) is 3.01. The second-order valence-electron chi connectivity index (χ2n) is 4.75. The summed E-state index contributed by atoms with van der Waals surface area (Å²) in [5, 5.41) is 20.9. The largest absolute Gasteiger partial charge is 0.475 e. The molecule has 0 fully saturated rings. The van der Waals surface area contributed by atoms with Gasteiger partial charge in [-0.1, -0.05) is 66.7 Å². The lowest BCUT2D eigenvalue weighted by Gasteiger charge is -2.18. The van der Waals surface area contributed by atoms with Crippen molar-refractivity contribution in [2.45, 2.75) is 5.54 Å². The van der Waals surface area contributed by atoms with Gasteiger partial charge in [-0.2, -0.15) is 0 Å². The van der Waals surface area contributed by atoms with Gasteiger partial charge in [0.2, 0.25) is 5.78 Å². The summed E-state index contributed by atoms with van der Waals surface area (Å²) in [6.07, 6.45) is 2.28. The van der Waals surface area contributed by atoms with Gasteiger partial charge in [-0.3, -0.25) is 14.9 Å². The number of nitrogens with zero attached hydrogens (tertiary/aromatic N) is 1. The Hall–Kier alpha value is -3.28. The van der Waals surface area contributed by atoms with E-state index in [2.05, 4.69) is 0 Å². The molecular weight excluding hydrogens is 298 g/mol. The Labute approximate surface area is 131 Å². The van der Waals surface area contributed by atoms with Gasteiger partial charge in [0.15, 0.2) is 0 Å². The van der Waals surface area contributed by atoms with E-state index in [4.69, 9.17) is 0 Å². The Balaban J connectivity index is 2.50. The van der Waals surface area contributed by atoms with E-state index in [1.165, 1.54) is 30.3 Å².